The number of hydrogen-bond acceptors (Lipinski definition) is 3. The van der Waals surface area contributed by atoms with Gasteiger partial charge in [0.2, 0.25) is 0 Å². The molecule has 0 unspecified atom stereocenters. The van der Waals surface area contributed by atoms with Crippen LogP contribution in [0, 0.1) is 0 Å². The minimum Gasteiger partial charge on any atom is -0.295 e. The standard InChI is InChI=1S/C51H36N4O/c1-54-46-30-29-37(31-47(46)55(2)51(54)56)33-25-27-34(28-26-33)44-32-45(53-50(52-44)36-17-7-4-8-18-36)38-19-9-10-20-39(38)49-42-23-13-11-21-40(42)48(35-15-5-3-6-16-35)41-22-12-14-24-43(41)49/h3-32H,1-2H3. The summed E-state index contributed by atoms with van der Waals surface area (Å²) in [6.45, 7) is 0. The summed E-state index contributed by atoms with van der Waals surface area (Å²) >= 11 is 0. The van der Waals surface area contributed by atoms with E-state index in [0.29, 0.717) is 5.82 Å². The molecule has 0 aliphatic heterocycles. The average Bonchev–Trinajstić information content (AvgIpc) is 3.48. The number of aryl methyl sites for hydroxylation is 2. The van der Waals surface area contributed by atoms with Gasteiger partial charge < -0.3 is 0 Å². The molecule has 0 bridgehead atoms. The molecule has 8 aromatic carbocycles. The second kappa shape index (κ2) is 13.5. The molecule has 0 saturated carbocycles. The van der Waals surface area contributed by atoms with Crippen LogP contribution >= 0.6 is 0 Å². The van der Waals surface area contributed by atoms with Gasteiger partial charge in [-0.15, -0.1) is 0 Å². The van der Waals surface area contributed by atoms with Gasteiger partial charge in [-0.2, -0.15) is 0 Å². The third kappa shape index (κ3) is 5.52. The Bertz CT molecular complexity index is 3100. The summed E-state index contributed by atoms with van der Waals surface area (Å²) in [5, 5.41) is 4.81. The molecule has 5 heteroatoms. The van der Waals surface area contributed by atoms with E-state index in [-0.39, 0.29) is 5.69 Å². The molecule has 0 fully saturated rings. The van der Waals surface area contributed by atoms with Gasteiger partial charge in [0, 0.05) is 30.8 Å². The Balaban J connectivity index is 1.15. The lowest BCUT2D eigenvalue weighted by Crippen LogP contribution is -2.19. The molecule has 0 N–H and O–H groups in total. The first-order valence-corrected chi connectivity index (χ1v) is 18.8. The van der Waals surface area contributed by atoms with Crippen LogP contribution < -0.4 is 5.69 Å². The maximum Gasteiger partial charge on any atom is 0.328 e. The Morgan fingerprint density at radius 1 is 0.375 bits per heavy atom. The van der Waals surface area contributed by atoms with Gasteiger partial charge in [0.25, 0.3) is 0 Å². The highest BCUT2D eigenvalue weighted by atomic mass is 16.1. The molecule has 0 amide bonds. The van der Waals surface area contributed by atoms with Crippen LogP contribution in [0.15, 0.2) is 187 Å². The summed E-state index contributed by atoms with van der Waals surface area (Å²) in [7, 11) is 3.63. The molecule has 10 aromatic rings. The van der Waals surface area contributed by atoms with E-state index in [4.69, 9.17) is 9.97 Å². The first-order valence-electron chi connectivity index (χ1n) is 18.8. The van der Waals surface area contributed by atoms with Crippen LogP contribution in [0.5, 0.6) is 0 Å². The van der Waals surface area contributed by atoms with Crippen molar-refractivity contribution in [2.45, 2.75) is 0 Å². The van der Waals surface area contributed by atoms with Crippen molar-refractivity contribution in [1.82, 2.24) is 19.1 Å². The van der Waals surface area contributed by atoms with E-state index in [0.717, 1.165) is 55.8 Å². The highest BCUT2D eigenvalue weighted by Crippen LogP contribution is 2.46. The summed E-state index contributed by atoms with van der Waals surface area (Å²) in [6, 6.07) is 63.8. The summed E-state index contributed by atoms with van der Waals surface area (Å²) in [5.41, 5.74) is 13.3. The van der Waals surface area contributed by atoms with Gasteiger partial charge in [0.15, 0.2) is 5.82 Å². The number of aromatic nitrogens is 4. The number of hydrogen-bond donors (Lipinski definition) is 0. The smallest absolute Gasteiger partial charge is 0.295 e. The Hall–Kier alpha value is -7.37. The predicted octanol–water partition coefficient (Wildman–Crippen LogP) is 12.0. The summed E-state index contributed by atoms with van der Waals surface area (Å²) in [5.74, 6) is 0.668. The lowest BCUT2D eigenvalue weighted by Gasteiger charge is -2.19. The lowest BCUT2D eigenvalue weighted by molar-refractivity contribution is 0.795. The van der Waals surface area contributed by atoms with Crippen LogP contribution in [0.1, 0.15) is 0 Å². The van der Waals surface area contributed by atoms with Crippen molar-refractivity contribution in [2.24, 2.45) is 14.1 Å². The van der Waals surface area contributed by atoms with E-state index in [9.17, 15) is 4.79 Å². The van der Waals surface area contributed by atoms with E-state index in [1.54, 1.807) is 9.13 Å². The van der Waals surface area contributed by atoms with Crippen molar-refractivity contribution in [2.75, 3.05) is 0 Å². The van der Waals surface area contributed by atoms with Crippen LogP contribution in [0.2, 0.25) is 0 Å². The summed E-state index contributed by atoms with van der Waals surface area (Å²) in [4.78, 5) is 23.0. The van der Waals surface area contributed by atoms with E-state index < -0.39 is 0 Å². The number of nitrogens with zero attached hydrogens (tertiary/aromatic N) is 4. The van der Waals surface area contributed by atoms with Gasteiger partial charge in [0.05, 0.1) is 22.4 Å². The minimum atomic E-state index is -0.0339. The van der Waals surface area contributed by atoms with Crippen LogP contribution in [-0.2, 0) is 14.1 Å². The molecule has 0 spiro atoms. The van der Waals surface area contributed by atoms with E-state index in [1.165, 1.54) is 38.2 Å². The molecule has 0 radical (unpaired) electrons. The second-order valence-corrected chi connectivity index (χ2v) is 14.3. The zero-order valence-electron chi connectivity index (χ0n) is 31.0. The molecule has 0 saturated heterocycles. The molecular weight excluding hydrogens is 685 g/mol. The Labute approximate surface area is 324 Å². The Kier molecular flexibility index (Phi) is 8.00. The van der Waals surface area contributed by atoms with Crippen molar-refractivity contribution in [3.05, 3.63) is 192 Å². The third-order valence-corrected chi connectivity index (χ3v) is 11.0. The molecule has 0 aliphatic rings. The van der Waals surface area contributed by atoms with Crippen LogP contribution in [0.4, 0.5) is 0 Å². The van der Waals surface area contributed by atoms with Crippen LogP contribution in [0.25, 0.3) is 99.9 Å². The molecule has 0 atom stereocenters. The molecule has 10 rings (SSSR count). The number of fused-ring (bicyclic) bond motifs is 3. The van der Waals surface area contributed by atoms with Gasteiger partial charge in [-0.25, -0.2) is 14.8 Å². The number of benzene rings is 8. The quantitative estimate of drug-likeness (QED) is 0.161. The van der Waals surface area contributed by atoms with Gasteiger partial charge in [0.1, 0.15) is 0 Å². The fourth-order valence-electron chi connectivity index (χ4n) is 8.23. The van der Waals surface area contributed by atoms with Crippen molar-refractivity contribution in [1.29, 1.82) is 0 Å². The molecule has 5 nitrogen and oxygen atoms in total. The molecule has 2 heterocycles. The molecular formula is C51H36N4O. The van der Waals surface area contributed by atoms with Gasteiger partial charge in [-0.1, -0.05) is 164 Å². The Morgan fingerprint density at radius 2 is 0.857 bits per heavy atom. The Morgan fingerprint density at radius 3 is 1.50 bits per heavy atom. The summed E-state index contributed by atoms with van der Waals surface area (Å²) in [6.07, 6.45) is 0. The topological polar surface area (TPSA) is 52.7 Å². The number of imidazole rings is 1. The van der Waals surface area contributed by atoms with Crippen molar-refractivity contribution in [3.63, 3.8) is 0 Å². The van der Waals surface area contributed by atoms with Crippen LogP contribution in [0.3, 0.4) is 0 Å². The predicted molar refractivity (Wildman–Crippen MR) is 231 cm³/mol. The lowest BCUT2D eigenvalue weighted by atomic mass is 9.84. The third-order valence-electron chi connectivity index (χ3n) is 11.0. The average molecular weight is 721 g/mol. The molecule has 56 heavy (non-hydrogen) atoms. The molecule has 0 aliphatic carbocycles. The maximum atomic E-state index is 12.6. The van der Waals surface area contributed by atoms with Crippen molar-refractivity contribution >= 4 is 32.6 Å². The van der Waals surface area contributed by atoms with E-state index >= 15 is 0 Å². The molecule has 2 aromatic heterocycles. The first-order chi connectivity index (χ1) is 27.5. The normalized spacial score (nSPS) is 11.5. The zero-order valence-corrected chi connectivity index (χ0v) is 31.0. The number of rotatable bonds is 6. The fourth-order valence-corrected chi connectivity index (χ4v) is 8.23. The zero-order chi connectivity index (χ0) is 37.8. The molecule has 266 valence electrons. The van der Waals surface area contributed by atoms with Gasteiger partial charge in [-0.3, -0.25) is 9.13 Å². The monoisotopic (exact) mass is 720 g/mol. The highest BCUT2D eigenvalue weighted by molar-refractivity contribution is 6.22. The van der Waals surface area contributed by atoms with Crippen molar-refractivity contribution in [3.8, 4) is 67.3 Å². The summed E-state index contributed by atoms with van der Waals surface area (Å²) < 4.78 is 3.38. The van der Waals surface area contributed by atoms with Crippen LogP contribution in [-0.4, -0.2) is 19.1 Å². The van der Waals surface area contributed by atoms with E-state index in [1.807, 2.05) is 38.4 Å². The van der Waals surface area contributed by atoms with Gasteiger partial charge >= 0.3 is 5.69 Å². The van der Waals surface area contributed by atoms with Crippen molar-refractivity contribution < 1.29 is 0 Å². The first kappa shape index (κ1) is 33.2. The van der Waals surface area contributed by atoms with Gasteiger partial charge in [-0.05, 0) is 73.1 Å². The van der Waals surface area contributed by atoms with E-state index in [2.05, 4.69) is 158 Å². The maximum absolute atomic E-state index is 12.6. The largest absolute Gasteiger partial charge is 0.328 e. The minimum absolute atomic E-state index is 0.0339. The second-order valence-electron chi connectivity index (χ2n) is 14.3. The fraction of sp³-hybridized carbons (Fsp3) is 0.0392. The SMILES string of the molecule is Cn1c(=O)n(C)c2cc(-c3ccc(-c4cc(-c5ccccc5-c5c6ccccc6c(-c6ccccc6)c6ccccc56)nc(-c5ccccc5)n4)cc3)ccc21. The highest BCUT2D eigenvalue weighted by Gasteiger charge is 2.20.